The van der Waals surface area contributed by atoms with Crippen molar-refractivity contribution in [2.24, 2.45) is 20.5 Å². The molecule has 12 nitrogen and oxygen atoms in total. The van der Waals surface area contributed by atoms with Crippen molar-refractivity contribution in [1.82, 2.24) is 0 Å². The largest absolute Gasteiger partial charge is 0.506 e. The number of phenolic OH excluding ortho intramolecular Hbond substituents is 1. The van der Waals surface area contributed by atoms with Crippen molar-refractivity contribution in [2.75, 3.05) is 5.73 Å². The van der Waals surface area contributed by atoms with Crippen molar-refractivity contribution in [2.45, 2.75) is 9.79 Å². The van der Waals surface area contributed by atoms with Crippen LogP contribution in [0.1, 0.15) is 0 Å². The Morgan fingerprint density at radius 1 is 0.568 bits per heavy atom. The van der Waals surface area contributed by atoms with E-state index in [0.717, 1.165) is 11.5 Å². The highest BCUT2D eigenvalue weighted by atomic mass is 32.2. The number of fused-ring (bicyclic) bond motifs is 3. The van der Waals surface area contributed by atoms with E-state index >= 15 is 0 Å². The van der Waals surface area contributed by atoms with Crippen LogP contribution in [0.2, 0.25) is 0 Å². The summed E-state index contributed by atoms with van der Waals surface area (Å²) in [5, 5.41) is 30.7. The van der Waals surface area contributed by atoms with Crippen molar-refractivity contribution in [1.29, 1.82) is 0 Å². The van der Waals surface area contributed by atoms with Gasteiger partial charge in [-0.05, 0) is 60.0 Å². The average Bonchev–Trinajstić information content (AvgIpc) is 2.98. The molecule has 44 heavy (non-hydrogen) atoms. The van der Waals surface area contributed by atoms with Gasteiger partial charge in [-0.2, -0.15) is 21.9 Å². The van der Waals surface area contributed by atoms with Gasteiger partial charge in [0, 0.05) is 32.6 Å². The van der Waals surface area contributed by atoms with Gasteiger partial charge in [-0.3, -0.25) is 9.11 Å². The Morgan fingerprint density at radius 2 is 1.20 bits per heavy atom. The Morgan fingerprint density at radius 3 is 1.86 bits per heavy atom. The molecule has 0 spiro atoms. The number of nitrogens with zero attached hydrogens (tertiary/aromatic N) is 4. The minimum Gasteiger partial charge on any atom is -0.506 e. The minimum atomic E-state index is -4.81. The maximum atomic E-state index is 11.9. The fourth-order valence-electron chi connectivity index (χ4n) is 4.84. The Kier molecular flexibility index (Phi) is 7.05. The molecule has 0 heterocycles. The van der Waals surface area contributed by atoms with E-state index in [0.29, 0.717) is 39.3 Å². The minimum absolute atomic E-state index is 0.0268. The van der Waals surface area contributed by atoms with Crippen LogP contribution in [0.5, 0.6) is 5.75 Å². The molecule has 0 fully saturated rings. The molecule has 0 amide bonds. The Hall–Kier alpha value is -5.28. The lowest BCUT2D eigenvalue weighted by Gasteiger charge is -2.08. The first kappa shape index (κ1) is 28.8. The number of hydrogen-bond donors (Lipinski definition) is 4. The first-order valence-corrected chi connectivity index (χ1v) is 15.7. The molecule has 14 heteroatoms. The summed E-state index contributed by atoms with van der Waals surface area (Å²) in [5.74, 6) is -0.0515. The average molecular weight is 628 g/mol. The van der Waals surface area contributed by atoms with Crippen LogP contribution in [0.4, 0.5) is 28.4 Å². The Balaban J connectivity index is 1.40. The van der Waals surface area contributed by atoms with Crippen molar-refractivity contribution in [3.8, 4) is 5.75 Å². The van der Waals surface area contributed by atoms with Gasteiger partial charge in [0.25, 0.3) is 20.2 Å². The van der Waals surface area contributed by atoms with Crippen molar-refractivity contribution in [3.63, 3.8) is 0 Å². The van der Waals surface area contributed by atoms with Gasteiger partial charge in [0.05, 0.1) is 22.0 Å². The maximum absolute atomic E-state index is 11.9. The van der Waals surface area contributed by atoms with Crippen LogP contribution in [0, 0.1) is 0 Å². The van der Waals surface area contributed by atoms with Crippen LogP contribution in [0.25, 0.3) is 32.3 Å². The van der Waals surface area contributed by atoms with E-state index in [-0.39, 0.29) is 27.9 Å². The lowest BCUT2D eigenvalue weighted by atomic mass is 10.1. The van der Waals surface area contributed by atoms with Gasteiger partial charge in [-0.15, -0.1) is 15.3 Å². The molecule has 0 saturated carbocycles. The molecule has 0 aromatic heterocycles. The normalized spacial score (nSPS) is 12.7. The quantitative estimate of drug-likeness (QED) is 0.0813. The summed E-state index contributed by atoms with van der Waals surface area (Å²) in [4.78, 5) is -1.38. The van der Waals surface area contributed by atoms with Crippen LogP contribution in [-0.2, 0) is 20.2 Å². The van der Waals surface area contributed by atoms with Gasteiger partial charge in [0.15, 0.2) is 0 Å². The summed E-state index contributed by atoms with van der Waals surface area (Å²) in [5.41, 5.74) is 8.10. The van der Waals surface area contributed by atoms with Gasteiger partial charge in [-0.25, -0.2) is 0 Å². The third-order valence-corrected chi connectivity index (χ3v) is 8.63. The van der Waals surface area contributed by atoms with E-state index in [1.165, 1.54) is 24.3 Å². The van der Waals surface area contributed by atoms with Crippen molar-refractivity contribution in [3.05, 3.63) is 97.1 Å². The molecular formula is C30H21N5O7S2. The Labute approximate surface area is 250 Å². The van der Waals surface area contributed by atoms with Gasteiger partial charge < -0.3 is 10.8 Å². The smallest absolute Gasteiger partial charge is 0.295 e. The summed E-state index contributed by atoms with van der Waals surface area (Å²) in [7, 11) is -9.59. The predicted molar refractivity (Wildman–Crippen MR) is 166 cm³/mol. The summed E-state index contributed by atoms with van der Waals surface area (Å²) < 4.78 is 66.3. The molecule has 0 bridgehead atoms. The second kappa shape index (κ2) is 10.8. The number of nitrogens with two attached hydrogens (primary N) is 1. The SMILES string of the molecule is Nc1cccc2c(N=Nc3ccc(N=Nc4ccc5c(S(=O)(=O)O)cc(S(=O)(=O)O)cc5c4)c4ccccc34)c(O)ccc12. The predicted octanol–water partition coefficient (Wildman–Crippen LogP) is 7.76. The molecule has 5 N–H and O–H groups in total. The van der Waals surface area contributed by atoms with E-state index < -0.39 is 30.0 Å². The zero-order valence-electron chi connectivity index (χ0n) is 22.4. The fraction of sp³-hybridized carbons (Fsp3) is 0. The first-order chi connectivity index (χ1) is 20.9. The van der Waals surface area contributed by atoms with Crippen LogP contribution in [-0.4, -0.2) is 31.0 Å². The number of phenols is 1. The molecule has 0 aliphatic heterocycles. The van der Waals surface area contributed by atoms with Crippen molar-refractivity contribution < 1.29 is 31.0 Å². The van der Waals surface area contributed by atoms with Crippen molar-refractivity contribution >= 4 is 81.0 Å². The van der Waals surface area contributed by atoms with E-state index in [4.69, 9.17) is 5.73 Å². The van der Waals surface area contributed by atoms with Crippen LogP contribution >= 0.6 is 0 Å². The lowest BCUT2D eigenvalue weighted by molar-refractivity contribution is 0.476. The summed E-state index contributed by atoms with van der Waals surface area (Å²) in [6.07, 6.45) is 0. The highest BCUT2D eigenvalue weighted by Crippen LogP contribution is 2.40. The molecule has 0 saturated heterocycles. The maximum Gasteiger partial charge on any atom is 0.295 e. The van der Waals surface area contributed by atoms with Gasteiger partial charge in [0.1, 0.15) is 16.3 Å². The number of nitrogen functional groups attached to an aromatic ring is 1. The zero-order valence-corrected chi connectivity index (χ0v) is 24.0. The van der Waals surface area contributed by atoms with E-state index in [2.05, 4.69) is 20.5 Å². The third-order valence-electron chi connectivity index (χ3n) is 6.90. The molecule has 6 aromatic carbocycles. The van der Waals surface area contributed by atoms with Crippen LogP contribution in [0.15, 0.2) is 127 Å². The van der Waals surface area contributed by atoms with Gasteiger partial charge in [0.2, 0.25) is 0 Å². The number of aromatic hydroxyl groups is 1. The van der Waals surface area contributed by atoms with E-state index in [1.54, 1.807) is 36.4 Å². The fourth-order valence-corrected chi connectivity index (χ4v) is 6.19. The Bertz CT molecular complexity index is 2430. The zero-order chi connectivity index (χ0) is 31.2. The number of rotatable bonds is 6. The molecule has 6 aromatic rings. The topological polar surface area (TPSA) is 204 Å². The third kappa shape index (κ3) is 5.45. The molecular weight excluding hydrogens is 606 g/mol. The summed E-state index contributed by atoms with van der Waals surface area (Å²) in [6.45, 7) is 0. The highest BCUT2D eigenvalue weighted by Gasteiger charge is 2.20. The van der Waals surface area contributed by atoms with Crippen LogP contribution in [0.3, 0.4) is 0 Å². The number of hydrogen-bond acceptors (Lipinski definition) is 10. The summed E-state index contributed by atoms with van der Waals surface area (Å²) in [6, 6.07) is 25.1. The van der Waals surface area contributed by atoms with Gasteiger partial charge >= 0.3 is 0 Å². The monoisotopic (exact) mass is 627 g/mol. The van der Waals surface area contributed by atoms with E-state index in [9.17, 15) is 31.0 Å². The molecule has 0 aliphatic rings. The summed E-state index contributed by atoms with van der Waals surface area (Å²) >= 11 is 0. The molecule has 6 rings (SSSR count). The molecule has 0 radical (unpaired) electrons. The van der Waals surface area contributed by atoms with Crippen LogP contribution < -0.4 is 5.73 Å². The number of benzene rings is 6. The number of anilines is 1. The molecule has 220 valence electrons. The lowest BCUT2D eigenvalue weighted by Crippen LogP contribution is -2.04. The highest BCUT2D eigenvalue weighted by molar-refractivity contribution is 7.86. The van der Waals surface area contributed by atoms with E-state index in [1.807, 2.05) is 24.3 Å². The molecule has 0 atom stereocenters. The standard InChI is InChI=1S/C30H21N5O7S2/c31-25-7-3-6-24-21(25)10-13-28(36)30(24)35-34-27-12-11-26(22-4-1-2-5-23(22)27)33-32-18-8-9-20-17(14-18)15-19(43(37,38)39)16-29(20)44(40,41)42/h1-16,36H,31H2,(H,37,38,39)(H,40,41,42). The number of azo groups is 2. The second-order valence-electron chi connectivity index (χ2n) is 9.70. The van der Waals surface area contributed by atoms with Gasteiger partial charge in [-0.1, -0.05) is 42.5 Å². The first-order valence-electron chi connectivity index (χ1n) is 12.8. The molecule has 0 aliphatic carbocycles. The second-order valence-corrected chi connectivity index (χ2v) is 12.5. The molecule has 0 unspecified atom stereocenters.